The highest BCUT2D eigenvalue weighted by Gasteiger charge is 2.16. The third kappa shape index (κ3) is 5.17. The molecule has 0 saturated carbocycles. The van der Waals surface area contributed by atoms with Gasteiger partial charge in [0.1, 0.15) is 17.0 Å². The van der Waals surface area contributed by atoms with E-state index in [0.717, 1.165) is 0 Å². The number of aromatic nitrogens is 1. The second-order valence-corrected chi connectivity index (χ2v) is 5.31. The summed E-state index contributed by atoms with van der Waals surface area (Å²) in [7, 11) is 0. The Morgan fingerprint density at radius 3 is 2.50 bits per heavy atom. The molecule has 0 aromatic carbocycles. The number of amides is 1. The number of nitrogens with one attached hydrogen (secondary N) is 1. The molecule has 1 aromatic heterocycles. The van der Waals surface area contributed by atoms with E-state index in [0.29, 0.717) is 11.8 Å². The van der Waals surface area contributed by atoms with E-state index in [-0.39, 0.29) is 23.7 Å². The van der Waals surface area contributed by atoms with Crippen LogP contribution in [-0.4, -0.2) is 28.7 Å². The van der Waals surface area contributed by atoms with Crippen LogP contribution >= 0.6 is 0 Å². The topological polar surface area (TPSA) is 85.4 Å². The van der Waals surface area contributed by atoms with Crippen molar-refractivity contribution in [2.24, 2.45) is 0 Å². The molecule has 0 aliphatic carbocycles. The van der Waals surface area contributed by atoms with Gasteiger partial charge in [-0.05, 0) is 38.5 Å². The molecular formula is C14H18N2O4. The summed E-state index contributed by atoms with van der Waals surface area (Å²) in [5, 5.41) is 2.56. The van der Waals surface area contributed by atoms with Gasteiger partial charge in [0.15, 0.2) is 12.1 Å². The molecule has 0 fully saturated rings. The van der Waals surface area contributed by atoms with Gasteiger partial charge in [-0.3, -0.25) is 9.59 Å². The van der Waals surface area contributed by atoms with Gasteiger partial charge in [-0.25, -0.2) is 9.78 Å². The molecule has 1 N–H and O–H groups in total. The summed E-state index contributed by atoms with van der Waals surface area (Å²) in [6.45, 7) is 6.80. The standard InChI is InChI=1S/C14H18N2O4/c1-9(18)12-6-10(5-11(8-17)16-12)7-15-13(19)20-14(2,3)4/h5-6,8H,7H2,1-4H3,(H,15,19). The van der Waals surface area contributed by atoms with E-state index in [1.165, 1.54) is 19.1 Å². The molecule has 0 bridgehead atoms. The number of ether oxygens (including phenoxy) is 1. The highest BCUT2D eigenvalue weighted by atomic mass is 16.6. The van der Waals surface area contributed by atoms with Gasteiger partial charge >= 0.3 is 6.09 Å². The maximum Gasteiger partial charge on any atom is 0.407 e. The second-order valence-electron chi connectivity index (χ2n) is 5.31. The normalized spacial score (nSPS) is 10.8. The fourth-order valence-electron chi connectivity index (χ4n) is 1.44. The molecule has 1 heterocycles. The Hall–Kier alpha value is -2.24. The maximum atomic E-state index is 11.5. The Morgan fingerprint density at radius 2 is 2.00 bits per heavy atom. The van der Waals surface area contributed by atoms with E-state index in [1.54, 1.807) is 20.8 Å². The van der Waals surface area contributed by atoms with Crippen LogP contribution in [0, 0.1) is 0 Å². The lowest BCUT2D eigenvalue weighted by Gasteiger charge is -2.19. The van der Waals surface area contributed by atoms with Crippen molar-refractivity contribution in [2.75, 3.05) is 0 Å². The summed E-state index contributed by atoms with van der Waals surface area (Å²) in [5.74, 6) is -0.243. The Balaban J connectivity index is 2.77. The minimum Gasteiger partial charge on any atom is -0.444 e. The molecule has 0 unspecified atom stereocenters. The van der Waals surface area contributed by atoms with Crippen molar-refractivity contribution < 1.29 is 19.1 Å². The molecule has 108 valence electrons. The van der Waals surface area contributed by atoms with Crippen molar-refractivity contribution in [1.29, 1.82) is 0 Å². The third-order valence-corrected chi connectivity index (χ3v) is 2.22. The van der Waals surface area contributed by atoms with Gasteiger partial charge in [0, 0.05) is 13.5 Å². The summed E-state index contributed by atoms with van der Waals surface area (Å²) in [6, 6.07) is 3.05. The van der Waals surface area contributed by atoms with Crippen LogP contribution in [0.1, 0.15) is 54.2 Å². The predicted octanol–water partition coefficient (Wildman–Crippen LogP) is 2.12. The van der Waals surface area contributed by atoms with Crippen molar-refractivity contribution in [1.82, 2.24) is 10.3 Å². The molecule has 0 radical (unpaired) electrons. The van der Waals surface area contributed by atoms with Gasteiger partial charge < -0.3 is 10.1 Å². The number of carbonyl (C=O) groups is 3. The quantitative estimate of drug-likeness (QED) is 0.673. The fraction of sp³-hybridized carbons (Fsp3) is 0.429. The summed E-state index contributed by atoms with van der Waals surface area (Å²) in [5.41, 5.74) is 0.369. The average molecular weight is 278 g/mol. The van der Waals surface area contributed by atoms with Gasteiger partial charge in [0.05, 0.1) is 0 Å². The van der Waals surface area contributed by atoms with Gasteiger partial charge in [-0.2, -0.15) is 0 Å². The molecule has 1 aromatic rings. The van der Waals surface area contributed by atoms with Gasteiger partial charge in [-0.1, -0.05) is 0 Å². The number of hydrogen-bond donors (Lipinski definition) is 1. The van der Waals surface area contributed by atoms with E-state index in [1.807, 2.05) is 0 Å². The van der Waals surface area contributed by atoms with Crippen LogP contribution in [0.5, 0.6) is 0 Å². The molecule has 6 heteroatoms. The lowest BCUT2D eigenvalue weighted by atomic mass is 10.1. The molecule has 6 nitrogen and oxygen atoms in total. The number of Topliss-reactive ketones (excluding diaryl/α,β-unsaturated/α-hetero) is 1. The number of carbonyl (C=O) groups excluding carboxylic acids is 3. The van der Waals surface area contributed by atoms with Crippen LogP contribution in [0.15, 0.2) is 12.1 Å². The SMILES string of the molecule is CC(=O)c1cc(CNC(=O)OC(C)(C)C)cc(C=O)n1. The highest BCUT2D eigenvalue weighted by Crippen LogP contribution is 2.08. The van der Waals surface area contributed by atoms with Crippen LogP contribution in [0.3, 0.4) is 0 Å². The Bertz CT molecular complexity index is 532. The number of aldehydes is 1. The Morgan fingerprint density at radius 1 is 1.35 bits per heavy atom. The van der Waals surface area contributed by atoms with Gasteiger partial charge in [-0.15, -0.1) is 0 Å². The van der Waals surface area contributed by atoms with Crippen molar-refractivity contribution in [3.8, 4) is 0 Å². The zero-order valence-electron chi connectivity index (χ0n) is 12.0. The summed E-state index contributed by atoms with van der Waals surface area (Å²) < 4.78 is 5.09. The van der Waals surface area contributed by atoms with E-state index < -0.39 is 11.7 Å². The highest BCUT2D eigenvalue weighted by molar-refractivity contribution is 5.93. The largest absolute Gasteiger partial charge is 0.444 e. The van der Waals surface area contributed by atoms with Crippen LogP contribution in [0.2, 0.25) is 0 Å². The van der Waals surface area contributed by atoms with E-state index in [2.05, 4.69) is 10.3 Å². The lowest BCUT2D eigenvalue weighted by Crippen LogP contribution is -2.32. The third-order valence-electron chi connectivity index (χ3n) is 2.22. The molecule has 0 aliphatic heterocycles. The molecule has 1 amide bonds. The van der Waals surface area contributed by atoms with Crippen molar-refractivity contribution >= 4 is 18.2 Å². The molecular weight excluding hydrogens is 260 g/mol. The zero-order chi connectivity index (χ0) is 15.3. The number of alkyl carbamates (subject to hydrolysis) is 1. The molecule has 0 saturated heterocycles. The lowest BCUT2D eigenvalue weighted by molar-refractivity contribution is 0.0523. The Kier molecular flexibility index (Phi) is 4.96. The first-order valence-corrected chi connectivity index (χ1v) is 6.15. The number of hydrogen-bond acceptors (Lipinski definition) is 5. The Labute approximate surface area is 117 Å². The van der Waals surface area contributed by atoms with Gasteiger partial charge in [0.25, 0.3) is 0 Å². The first-order valence-electron chi connectivity index (χ1n) is 6.15. The first-order chi connectivity index (χ1) is 9.21. The predicted molar refractivity (Wildman–Crippen MR) is 72.7 cm³/mol. The van der Waals surface area contributed by atoms with Gasteiger partial charge in [0.2, 0.25) is 0 Å². The smallest absolute Gasteiger partial charge is 0.407 e. The van der Waals surface area contributed by atoms with E-state index in [9.17, 15) is 14.4 Å². The molecule has 0 atom stereocenters. The van der Waals surface area contributed by atoms with Crippen molar-refractivity contribution in [3.63, 3.8) is 0 Å². The fourth-order valence-corrected chi connectivity index (χ4v) is 1.44. The summed E-state index contributed by atoms with van der Waals surface area (Å²) in [4.78, 5) is 37.5. The molecule has 0 spiro atoms. The van der Waals surface area contributed by atoms with Crippen LogP contribution in [0.25, 0.3) is 0 Å². The monoisotopic (exact) mass is 278 g/mol. The second kappa shape index (κ2) is 6.27. The number of pyridine rings is 1. The first kappa shape index (κ1) is 15.8. The van der Waals surface area contributed by atoms with Crippen molar-refractivity contribution in [3.05, 3.63) is 29.1 Å². The van der Waals surface area contributed by atoms with E-state index in [4.69, 9.17) is 4.74 Å². The minimum atomic E-state index is -0.583. The zero-order valence-corrected chi connectivity index (χ0v) is 12.0. The summed E-state index contributed by atoms with van der Waals surface area (Å²) in [6.07, 6.45) is -0.00463. The van der Waals surface area contributed by atoms with E-state index >= 15 is 0 Å². The average Bonchev–Trinajstić information content (AvgIpc) is 2.33. The molecule has 20 heavy (non-hydrogen) atoms. The van der Waals surface area contributed by atoms with Crippen LogP contribution < -0.4 is 5.32 Å². The molecule has 0 aliphatic rings. The number of rotatable bonds is 4. The maximum absolute atomic E-state index is 11.5. The minimum absolute atomic E-state index is 0.151. The van der Waals surface area contributed by atoms with Crippen LogP contribution in [-0.2, 0) is 11.3 Å². The number of nitrogens with zero attached hydrogens (tertiary/aromatic N) is 1. The summed E-state index contributed by atoms with van der Waals surface area (Å²) >= 11 is 0. The number of ketones is 1. The van der Waals surface area contributed by atoms with Crippen LogP contribution in [0.4, 0.5) is 4.79 Å². The van der Waals surface area contributed by atoms with Crippen molar-refractivity contribution in [2.45, 2.75) is 39.8 Å². The molecule has 1 rings (SSSR count).